The van der Waals surface area contributed by atoms with Crippen molar-refractivity contribution in [2.45, 2.75) is 0 Å². The zero-order valence-corrected chi connectivity index (χ0v) is 14.0. The van der Waals surface area contributed by atoms with Crippen molar-refractivity contribution < 1.29 is 23.1 Å². The summed E-state index contributed by atoms with van der Waals surface area (Å²) in [7, 11) is 1.27. The lowest BCUT2D eigenvalue weighted by Gasteiger charge is -2.08. The Labute approximate surface area is 145 Å². The van der Waals surface area contributed by atoms with E-state index in [-0.39, 0.29) is 17.4 Å². The number of carbonyl (C=O) groups excluding carboxylic acids is 1. The van der Waals surface area contributed by atoms with Crippen LogP contribution < -0.4 is 4.74 Å². The highest BCUT2D eigenvalue weighted by Gasteiger charge is 2.13. The molecule has 3 aromatic rings. The van der Waals surface area contributed by atoms with Crippen LogP contribution in [-0.4, -0.2) is 18.1 Å². The van der Waals surface area contributed by atoms with E-state index in [0.29, 0.717) is 21.5 Å². The highest BCUT2D eigenvalue weighted by Crippen LogP contribution is 2.31. The Morgan fingerprint density at radius 2 is 1.96 bits per heavy atom. The van der Waals surface area contributed by atoms with Gasteiger partial charge in [0.25, 0.3) is 0 Å². The van der Waals surface area contributed by atoms with Gasteiger partial charge < -0.3 is 13.9 Å². The molecular formula is C17H11BrFNO4. The molecule has 24 heavy (non-hydrogen) atoms. The summed E-state index contributed by atoms with van der Waals surface area (Å²) in [4.78, 5) is 15.4. The summed E-state index contributed by atoms with van der Waals surface area (Å²) in [5.74, 6) is 0.214. The van der Waals surface area contributed by atoms with E-state index in [1.807, 2.05) is 0 Å². The second kappa shape index (κ2) is 6.84. The van der Waals surface area contributed by atoms with Crippen LogP contribution in [0.4, 0.5) is 4.39 Å². The van der Waals surface area contributed by atoms with Crippen LogP contribution in [0.25, 0.3) is 11.5 Å². The van der Waals surface area contributed by atoms with Crippen molar-refractivity contribution in [1.82, 2.24) is 4.98 Å². The topological polar surface area (TPSA) is 61.6 Å². The molecule has 7 heteroatoms. The van der Waals surface area contributed by atoms with Gasteiger partial charge in [0, 0.05) is 11.6 Å². The van der Waals surface area contributed by atoms with Crippen molar-refractivity contribution in [3.05, 3.63) is 64.7 Å². The molecule has 1 heterocycles. The van der Waals surface area contributed by atoms with Crippen LogP contribution in [0.3, 0.4) is 0 Å². The normalized spacial score (nSPS) is 10.5. The molecule has 0 aliphatic heterocycles. The first kappa shape index (κ1) is 16.2. The highest BCUT2D eigenvalue weighted by molar-refractivity contribution is 9.10. The summed E-state index contributed by atoms with van der Waals surface area (Å²) in [6, 6.07) is 11.0. The number of nitrogens with zero attached hydrogens (tertiary/aromatic N) is 1. The number of hydrogen-bond acceptors (Lipinski definition) is 5. The molecule has 1 aromatic heterocycles. The number of oxazole rings is 1. The minimum absolute atomic E-state index is 0.0940. The molecule has 0 aliphatic carbocycles. The third kappa shape index (κ3) is 3.46. The van der Waals surface area contributed by atoms with Gasteiger partial charge in [-0.1, -0.05) is 0 Å². The fourth-order valence-electron chi connectivity index (χ4n) is 1.95. The molecule has 5 nitrogen and oxygen atoms in total. The van der Waals surface area contributed by atoms with Gasteiger partial charge in [-0.25, -0.2) is 14.2 Å². The number of aromatic nitrogens is 1. The second-order valence-electron chi connectivity index (χ2n) is 4.73. The molecule has 122 valence electrons. The maximum Gasteiger partial charge on any atom is 0.360 e. The highest BCUT2D eigenvalue weighted by atomic mass is 79.9. The van der Waals surface area contributed by atoms with E-state index in [0.717, 1.165) is 0 Å². The minimum Gasteiger partial charge on any atom is -0.464 e. The smallest absolute Gasteiger partial charge is 0.360 e. The lowest BCUT2D eigenvalue weighted by atomic mass is 10.2. The zero-order chi connectivity index (χ0) is 17.1. The standard InChI is InChI=1S/C17H11BrFNO4/c1-22-17(21)14-9-23-16(20-14)10-2-5-12(6-3-10)24-15-8-11(19)4-7-13(15)18/h2-9H,1H3. The van der Waals surface area contributed by atoms with Gasteiger partial charge in [0.1, 0.15) is 23.6 Å². The van der Waals surface area contributed by atoms with Gasteiger partial charge >= 0.3 is 5.97 Å². The van der Waals surface area contributed by atoms with Crippen LogP contribution in [0.1, 0.15) is 10.5 Å². The number of ether oxygens (including phenoxy) is 2. The van der Waals surface area contributed by atoms with Crippen LogP contribution in [-0.2, 0) is 4.74 Å². The van der Waals surface area contributed by atoms with E-state index < -0.39 is 5.97 Å². The van der Waals surface area contributed by atoms with E-state index >= 15 is 0 Å². The van der Waals surface area contributed by atoms with Gasteiger partial charge in [-0.2, -0.15) is 0 Å². The minimum atomic E-state index is -0.569. The number of carbonyl (C=O) groups is 1. The van der Waals surface area contributed by atoms with Gasteiger partial charge in [0.05, 0.1) is 11.6 Å². The van der Waals surface area contributed by atoms with Crippen LogP contribution >= 0.6 is 15.9 Å². The third-order valence-corrected chi connectivity index (χ3v) is 3.78. The molecule has 0 bridgehead atoms. The molecule has 0 aliphatic rings. The summed E-state index contributed by atoms with van der Waals surface area (Å²) < 4.78 is 29.4. The Balaban J connectivity index is 1.79. The number of methoxy groups -OCH3 is 1. The Kier molecular flexibility index (Phi) is 4.61. The van der Waals surface area contributed by atoms with Crippen molar-refractivity contribution in [2.24, 2.45) is 0 Å². The monoisotopic (exact) mass is 391 g/mol. The van der Waals surface area contributed by atoms with Crippen LogP contribution in [0.2, 0.25) is 0 Å². The fraction of sp³-hybridized carbons (Fsp3) is 0.0588. The summed E-state index contributed by atoms with van der Waals surface area (Å²) in [6.45, 7) is 0. The van der Waals surface area contributed by atoms with Gasteiger partial charge in [0.2, 0.25) is 5.89 Å². The van der Waals surface area contributed by atoms with Crippen molar-refractivity contribution in [1.29, 1.82) is 0 Å². The molecule has 0 unspecified atom stereocenters. The Morgan fingerprint density at radius 3 is 2.67 bits per heavy atom. The van der Waals surface area contributed by atoms with E-state index in [9.17, 15) is 9.18 Å². The lowest BCUT2D eigenvalue weighted by Crippen LogP contribution is -2.00. The van der Waals surface area contributed by atoms with Gasteiger partial charge in [-0.15, -0.1) is 0 Å². The number of benzene rings is 2. The van der Waals surface area contributed by atoms with Crippen LogP contribution in [0.15, 0.2) is 57.6 Å². The molecular weight excluding hydrogens is 381 g/mol. The quantitative estimate of drug-likeness (QED) is 0.596. The molecule has 0 radical (unpaired) electrons. The average Bonchev–Trinajstić information content (AvgIpc) is 3.08. The number of esters is 1. The Hall–Kier alpha value is -2.67. The lowest BCUT2D eigenvalue weighted by molar-refractivity contribution is 0.0594. The van der Waals surface area contributed by atoms with Crippen LogP contribution in [0, 0.1) is 5.82 Å². The van der Waals surface area contributed by atoms with Crippen molar-refractivity contribution in [3.8, 4) is 23.0 Å². The Morgan fingerprint density at radius 1 is 1.21 bits per heavy atom. The zero-order valence-electron chi connectivity index (χ0n) is 12.5. The second-order valence-corrected chi connectivity index (χ2v) is 5.59. The van der Waals surface area contributed by atoms with Crippen molar-refractivity contribution >= 4 is 21.9 Å². The number of rotatable bonds is 4. The first-order chi connectivity index (χ1) is 11.6. The molecule has 0 N–H and O–H groups in total. The number of hydrogen-bond donors (Lipinski definition) is 0. The third-order valence-electron chi connectivity index (χ3n) is 3.12. The fourth-order valence-corrected chi connectivity index (χ4v) is 2.28. The average molecular weight is 392 g/mol. The summed E-state index contributed by atoms with van der Waals surface area (Å²) >= 11 is 3.30. The van der Waals surface area contributed by atoms with E-state index in [4.69, 9.17) is 9.15 Å². The first-order valence-corrected chi connectivity index (χ1v) is 7.63. The maximum absolute atomic E-state index is 13.3. The molecule has 0 spiro atoms. The van der Waals surface area contributed by atoms with E-state index in [2.05, 4.69) is 25.7 Å². The van der Waals surface area contributed by atoms with E-state index in [1.165, 1.54) is 25.5 Å². The molecule has 0 saturated heterocycles. The summed E-state index contributed by atoms with van der Waals surface area (Å²) in [5.41, 5.74) is 0.757. The molecule has 2 aromatic carbocycles. The van der Waals surface area contributed by atoms with Gasteiger partial charge in [0.15, 0.2) is 5.69 Å². The van der Waals surface area contributed by atoms with Crippen molar-refractivity contribution in [2.75, 3.05) is 7.11 Å². The van der Waals surface area contributed by atoms with Gasteiger partial charge in [-0.3, -0.25) is 0 Å². The predicted octanol–water partition coefficient (Wildman–Crippen LogP) is 4.82. The molecule has 0 fully saturated rings. The Bertz CT molecular complexity index is 877. The molecule has 0 saturated carbocycles. The molecule has 0 atom stereocenters. The first-order valence-electron chi connectivity index (χ1n) is 6.84. The van der Waals surface area contributed by atoms with E-state index in [1.54, 1.807) is 30.3 Å². The number of halogens is 2. The SMILES string of the molecule is COC(=O)c1coc(-c2ccc(Oc3cc(F)ccc3Br)cc2)n1. The van der Waals surface area contributed by atoms with Gasteiger partial charge in [-0.05, 0) is 52.3 Å². The largest absolute Gasteiger partial charge is 0.464 e. The summed E-state index contributed by atoms with van der Waals surface area (Å²) in [6.07, 6.45) is 1.23. The van der Waals surface area contributed by atoms with Crippen LogP contribution in [0.5, 0.6) is 11.5 Å². The maximum atomic E-state index is 13.3. The predicted molar refractivity (Wildman–Crippen MR) is 87.5 cm³/mol. The molecule has 0 amide bonds. The summed E-state index contributed by atoms with van der Waals surface area (Å²) in [5, 5.41) is 0. The van der Waals surface area contributed by atoms with Crippen molar-refractivity contribution in [3.63, 3.8) is 0 Å². The molecule has 3 rings (SSSR count).